The second-order valence-corrected chi connectivity index (χ2v) is 5.98. The van der Waals surface area contributed by atoms with Crippen LogP contribution in [0, 0.1) is 0 Å². The molecule has 1 rings (SSSR count). The predicted octanol–water partition coefficient (Wildman–Crippen LogP) is 0.659. The highest BCUT2D eigenvalue weighted by Crippen LogP contribution is 2.45. The van der Waals surface area contributed by atoms with Crippen LogP contribution < -0.4 is 5.32 Å². The summed E-state index contributed by atoms with van der Waals surface area (Å²) in [4.78, 5) is 10.5. The molecule has 0 aliphatic carbocycles. The molecule has 0 aromatic carbocycles. The Morgan fingerprint density at radius 2 is 2.44 bits per heavy atom. The van der Waals surface area contributed by atoms with E-state index in [1.54, 1.807) is 0 Å². The van der Waals surface area contributed by atoms with Gasteiger partial charge in [-0.1, -0.05) is 0 Å². The molecule has 1 saturated heterocycles. The molecule has 1 fully saturated rings. The molecule has 1 aliphatic heterocycles. The fraction of sp³-hybridized carbons (Fsp3) is 0.800. The summed E-state index contributed by atoms with van der Waals surface area (Å²) in [5.74, 6) is 1.53. The Morgan fingerprint density at radius 3 is 2.67 bits per heavy atom. The maximum absolute atomic E-state index is 10.5. The molecule has 1 unspecified atom stereocenters. The van der Waals surface area contributed by atoms with Crippen molar-refractivity contribution in [3.8, 4) is 0 Å². The molecule has 54 valence electrons. The van der Waals surface area contributed by atoms with E-state index in [4.69, 9.17) is 5.11 Å². The van der Waals surface area contributed by atoms with Crippen LogP contribution in [0.4, 0.5) is 4.79 Å². The normalized spacial score (nSPS) is 41.9. The lowest BCUT2D eigenvalue weighted by Crippen LogP contribution is -2.12. The molecule has 3 nitrogen and oxygen atoms in total. The fourth-order valence-electron chi connectivity index (χ4n) is 0.816. The summed E-state index contributed by atoms with van der Waals surface area (Å²) in [6.45, 7) is 0.873. The van der Waals surface area contributed by atoms with Gasteiger partial charge < -0.3 is 10.4 Å². The van der Waals surface area contributed by atoms with E-state index < -0.39 is 15.3 Å². The van der Waals surface area contributed by atoms with Gasteiger partial charge in [-0.15, -0.1) is 10.0 Å². The molecule has 2 N–H and O–H groups in total. The lowest BCUT2D eigenvalue weighted by atomic mass is 10.8. The summed E-state index contributed by atoms with van der Waals surface area (Å²) < 4.78 is 0. The summed E-state index contributed by atoms with van der Waals surface area (Å²) in [5, 5.41) is 11.1. The lowest BCUT2D eigenvalue weighted by Gasteiger charge is -2.21. The van der Waals surface area contributed by atoms with Gasteiger partial charge in [-0.3, -0.25) is 0 Å². The number of rotatable bonds is 0. The van der Waals surface area contributed by atoms with Crippen LogP contribution in [0.5, 0.6) is 0 Å². The third-order valence-corrected chi connectivity index (χ3v) is 4.36. The second kappa shape index (κ2) is 2.19. The van der Waals surface area contributed by atoms with Crippen molar-refractivity contribution in [2.45, 2.75) is 0 Å². The van der Waals surface area contributed by atoms with E-state index in [-0.39, 0.29) is 0 Å². The van der Waals surface area contributed by atoms with Crippen LogP contribution >= 0.6 is 10.0 Å². The van der Waals surface area contributed by atoms with Crippen molar-refractivity contribution in [1.82, 2.24) is 5.32 Å². The minimum Gasteiger partial charge on any atom is -0.474 e. The van der Waals surface area contributed by atoms with Gasteiger partial charge in [-0.05, 0) is 6.26 Å². The second-order valence-electron chi connectivity index (χ2n) is 2.39. The van der Waals surface area contributed by atoms with Crippen LogP contribution in [-0.2, 0) is 0 Å². The first-order chi connectivity index (χ1) is 4.15. The molecule has 1 heterocycles. The van der Waals surface area contributed by atoms with Crippen molar-refractivity contribution in [3.05, 3.63) is 0 Å². The first-order valence-electron chi connectivity index (χ1n) is 2.82. The highest BCUT2D eigenvalue weighted by molar-refractivity contribution is 8.44. The average Bonchev–Trinajstić information content (AvgIpc) is 2.16. The standard InChI is InChI=1S/C5H11NO2S/c1-9(5(7)8)3-2-6-4-9/h6H,2-4H2,1H3,(H,7,8). The zero-order valence-corrected chi connectivity index (χ0v) is 6.20. The maximum atomic E-state index is 10.5. The molecule has 0 saturated carbocycles. The van der Waals surface area contributed by atoms with Crippen molar-refractivity contribution in [2.24, 2.45) is 0 Å². The number of nitrogens with one attached hydrogen (secondary N) is 1. The third kappa shape index (κ3) is 1.19. The summed E-state index contributed by atoms with van der Waals surface area (Å²) in [7, 11) is -1.31. The first-order valence-corrected chi connectivity index (χ1v) is 5.20. The molecule has 0 amide bonds. The molecule has 1 atom stereocenters. The van der Waals surface area contributed by atoms with Crippen LogP contribution in [0.15, 0.2) is 0 Å². The third-order valence-electron chi connectivity index (χ3n) is 1.57. The van der Waals surface area contributed by atoms with Gasteiger partial charge in [0.25, 0.3) is 0 Å². The van der Waals surface area contributed by atoms with E-state index in [0.29, 0.717) is 5.88 Å². The molecule has 0 bridgehead atoms. The van der Waals surface area contributed by atoms with Gasteiger partial charge >= 0.3 is 5.30 Å². The van der Waals surface area contributed by atoms with Crippen molar-refractivity contribution in [3.63, 3.8) is 0 Å². The van der Waals surface area contributed by atoms with E-state index >= 15 is 0 Å². The van der Waals surface area contributed by atoms with Crippen molar-refractivity contribution in [2.75, 3.05) is 24.4 Å². The molecule has 9 heavy (non-hydrogen) atoms. The molecule has 0 aromatic heterocycles. The van der Waals surface area contributed by atoms with Gasteiger partial charge in [-0.2, -0.15) is 0 Å². The number of hydrogen-bond acceptors (Lipinski definition) is 2. The van der Waals surface area contributed by atoms with Gasteiger partial charge in [-0.25, -0.2) is 4.79 Å². The summed E-state index contributed by atoms with van der Waals surface area (Å²) in [5.41, 5.74) is 0. The number of hydrogen-bond donors (Lipinski definition) is 2. The van der Waals surface area contributed by atoms with E-state index in [1.165, 1.54) is 0 Å². The zero-order valence-electron chi connectivity index (χ0n) is 5.39. The number of carboxylic acid groups (broad SMARTS) is 1. The molecular weight excluding hydrogens is 138 g/mol. The van der Waals surface area contributed by atoms with Crippen molar-refractivity contribution >= 4 is 15.3 Å². The summed E-state index contributed by atoms with van der Waals surface area (Å²) in [6.07, 6.45) is 1.86. The molecule has 1 aliphatic rings. The SMILES string of the molecule is CS1(C(=O)O)CCNC1. The quantitative estimate of drug-likeness (QED) is 0.532. The average molecular weight is 149 g/mol. The van der Waals surface area contributed by atoms with E-state index in [1.807, 2.05) is 6.26 Å². The van der Waals surface area contributed by atoms with E-state index in [2.05, 4.69) is 5.32 Å². The van der Waals surface area contributed by atoms with Crippen LogP contribution in [-0.4, -0.2) is 34.8 Å². The smallest absolute Gasteiger partial charge is 0.348 e. The lowest BCUT2D eigenvalue weighted by molar-refractivity contribution is 0.221. The monoisotopic (exact) mass is 149 g/mol. The van der Waals surface area contributed by atoms with Crippen LogP contribution in [0.3, 0.4) is 0 Å². The fourth-order valence-corrected chi connectivity index (χ4v) is 2.45. The van der Waals surface area contributed by atoms with E-state index in [0.717, 1.165) is 12.3 Å². The highest BCUT2D eigenvalue weighted by Gasteiger charge is 2.29. The molecule has 0 spiro atoms. The first kappa shape index (κ1) is 6.89. The summed E-state index contributed by atoms with van der Waals surface area (Å²) >= 11 is 0. The Morgan fingerprint density at radius 1 is 1.78 bits per heavy atom. The largest absolute Gasteiger partial charge is 0.474 e. The number of carbonyl (C=O) groups is 1. The maximum Gasteiger partial charge on any atom is 0.348 e. The van der Waals surface area contributed by atoms with Crippen molar-refractivity contribution < 1.29 is 9.90 Å². The Hall–Kier alpha value is -0.220. The predicted molar refractivity (Wildman–Crippen MR) is 39.3 cm³/mol. The van der Waals surface area contributed by atoms with Gasteiger partial charge in [0, 0.05) is 18.2 Å². The minimum atomic E-state index is -1.31. The molecular formula is C5H11NO2S. The Labute approximate surface area is 55.8 Å². The van der Waals surface area contributed by atoms with Gasteiger partial charge in [0.1, 0.15) is 0 Å². The van der Waals surface area contributed by atoms with Gasteiger partial charge in [0.05, 0.1) is 0 Å². The molecule has 0 radical (unpaired) electrons. The summed E-state index contributed by atoms with van der Waals surface area (Å²) in [6, 6.07) is 0. The van der Waals surface area contributed by atoms with Gasteiger partial charge in [0.2, 0.25) is 0 Å². The van der Waals surface area contributed by atoms with Crippen LogP contribution in [0.25, 0.3) is 0 Å². The van der Waals surface area contributed by atoms with Crippen molar-refractivity contribution in [1.29, 1.82) is 0 Å². The van der Waals surface area contributed by atoms with Gasteiger partial charge in [0.15, 0.2) is 0 Å². The Balaban J connectivity index is 2.61. The van der Waals surface area contributed by atoms with Crippen LogP contribution in [0.2, 0.25) is 0 Å². The Bertz CT molecular complexity index is 131. The highest BCUT2D eigenvalue weighted by atomic mass is 32.3. The molecule has 4 heteroatoms. The topological polar surface area (TPSA) is 49.3 Å². The Kier molecular flexibility index (Phi) is 1.68. The molecule has 0 aromatic rings. The van der Waals surface area contributed by atoms with E-state index in [9.17, 15) is 4.79 Å². The minimum absolute atomic E-state index is 0.604. The van der Waals surface area contributed by atoms with Crippen LogP contribution in [0.1, 0.15) is 0 Å². The zero-order chi connectivity index (χ0) is 6.91.